The zero-order valence-electron chi connectivity index (χ0n) is 21.0. The van der Waals surface area contributed by atoms with Gasteiger partial charge in [0.25, 0.3) is 5.91 Å². The maximum absolute atomic E-state index is 15.0. The van der Waals surface area contributed by atoms with Crippen molar-refractivity contribution in [2.24, 2.45) is 4.99 Å². The molecule has 1 aliphatic heterocycles. The lowest BCUT2D eigenvalue weighted by Gasteiger charge is -2.17. The number of amides is 1. The van der Waals surface area contributed by atoms with Crippen molar-refractivity contribution in [2.75, 3.05) is 12.3 Å². The van der Waals surface area contributed by atoms with Gasteiger partial charge in [0.1, 0.15) is 11.7 Å². The van der Waals surface area contributed by atoms with Crippen molar-refractivity contribution in [2.45, 2.75) is 25.1 Å². The highest BCUT2D eigenvalue weighted by atomic mass is 19.4. The van der Waals surface area contributed by atoms with Crippen LogP contribution in [0.3, 0.4) is 0 Å². The number of hydrogen-bond donors (Lipinski definition) is 3. The molecule has 0 spiro atoms. The van der Waals surface area contributed by atoms with E-state index in [-0.39, 0.29) is 23.8 Å². The van der Waals surface area contributed by atoms with Gasteiger partial charge in [-0.25, -0.2) is 19.4 Å². The lowest BCUT2D eigenvalue weighted by Crippen LogP contribution is -2.32. The Morgan fingerprint density at radius 3 is 2.40 bits per heavy atom. The van der Waals surface area contributed by atoms with Gasteiger partial charge in [0, 0.05) is 35.2 Å². The summed E-state index contributed by atoms with van der Waals surface area (Å²) in [5.41, 5.74) is 6.06. The Bertz CT molecular complexity index is 1550. The van der Waals surface area contributed by atoms with E-state index in [4.69, 9.17) is 5.73 Å². The van der Waals surface area contributed by atoms with Crippen LogP contribution >= 0.6 is 0 Å². The lowest BCUT2D eigenvalue weighted by atomic mass is 10.00. The standard InChI is InChI=1S/C29H24F4N6O/c30-23-16-22(29(31,32)33)20(26-36-12-5-13-37-26)15-21(23)28(40)39-27(38-18-6-2-1-3-7-18)19-10-9-17(14-24(19)34)25-8-4-11-35-25/h1-3,5-7,9-10,12-16,25,35H,4,8,11,34H2,(H,38,39,40). The Hall–Kier alpha value is -4.64. The van der Waals surface area contributed by atoms with E-state index < -0.39 is 34.6 Å². The number of rotatable bonds is 5. The molecule has 7 nitrogen and oxygen atoms in total. The minimum atomic E-state index is -4.91. The number of alkyl halides is 3. The molecule has 1 aliphatic rings. The smallest absolute Gasteiger partial charge is 0.398 e. The highest BCUT2D eigenvalue weighted by molar-refractivity contribution is 6.15. The summed E-state index contributed by atoms with van der Waals surface area (Å²) in [5.74, 6) is -2.67. The van der Waals surface area contributed by atoms with Crippen LogP contribution in [0.1, 0.15) is 45.9 Å². The number of amidine groups is 1. The first-order valence-electron chi connectivity index (χ1n) is 12.5. The molecule has 1 fully saturated rings. The summed E-state index contributed by atoms with van der Waals surface area (Å²) in [7, 11) is 0. The van der Waals surface area contributed by atoms with E-state index in [1.54, 1.807) is 42.5 Å². The molecule has 1 aromatic heterocycles. The quantitative estimate of drug-likeness (QED) is 0.126. The number of nitrogens with one attached hydrogen (secondary N) is 2. The molecular formula is C29H24F4N6O. The van der Waals surface area contributed by atoms with Gasteiger partial charge in [0.2, 0.25) is 0 Å². The number of benzene rings is 3. The van der Waals surface area contributed by atoms with Crippen molar-refractivity contribution in [1.82, 2.24) is 20.6 Å². The number of halogens is 4. The Balaban J connectivity index is 1.55. The predicted molar refractivity (Wildman–Crippen MR) is 143 cm³/mol. The molecule has 11 heteroatoms. The van der Waals surface area contributed by atoms with Gasteiger partial charge in [-0.1, -0.05) is 24.3 Å². The van der Waals surface area contributed by atoms with E-state index >= 15 is 4.39 Å². The molecule has 40 heavy (non-hydrogen) atoms. The van der Waals surface area contributed by atoms with Crippen LogP contribution in [0.4, 0.5) is 28.9 Å². The maximum Gasteiger partial charge on any atom is 0.417 e. The third-order valence-corrected chi connectivity index (χ3v) is 6.49. The molecular weight excluding hydrogens is 524 g/mol. The summed E-state index contributed by atoms with van der Waals surface area (Å²) in [4.78, 5) is 25.6. The summed E-state index contributed by atoms with van der Waals surface area (Å²) in [6.07, 6.45) is -0.402. The second-order valence-electron chi connectivity index (χ2n) is 9.19. The molecule has 1 atom stereocenters. The van der Waals surface area contributed by atoms with E-state index in [1.165, 1.54) is 18.5 Å². The van der Waals surface area contributed by atoms with Crippen LogP contribution in [-0.2, 0) is 6.18 Å². The molecule has 4 aromatic rings. The number of nitrogens with zero attached hydrogens (tertiary/aromatic N) is 3. The molecule has 4 N–H and O–H groups in total. The van der Waals surface area contributed by atoms with Crippen LogP contribution in [0.2, 0.25) is 0 Å². The first-order valence-corrected chi connectivity index (χ1v) is 12.5. The van der Waals surface area contributed by atoms with Crippen LogP contribution in [-0.4, -0.2) is 28.3 Å². The van der Waals surface area contributed by atoms with Crippen LogP contribution in [0, 0.1) is 5.82 Å². The average molecular weight is 549 g/mol. The molecule has 0 saturated carbocycles. The topological polar surface area (TPSA) is 105 Å². The minimum absolute atomic E-state index is 0.0106. The predicted octanol–water partition coefficient (Wildman–Crippen LogP) is 5.82. The number of aliphatic imine (C=N–C) groups is 1. The summed E-state index contributed by atoms with van der Waals surface area (Å²) < 4.78 is 56.3. The summed E-state index contributed by atoms with van der Waals surface area (Å²) >= 11 is 0. The number of anilines is 1. The van der Waals surface area contributed by atoms with Crippen LogP contribution < -0.4 is 16.4 Å². The van der Waals surface area contributed by atoms with Gasteiger partial charge < -0.3 is 16.4 Å². The van der Waals surface area contributed by atoms with Crippen molar-refractivity contribution in [3.63, 3.8) is 0 Å². The molecule has 1 unspecified atom stereocenters. The normalized spacial score (nSPS) is 15.7. The van der Waals surface area contributed by atoms with Gasteiger partial charge in [-0.05, 0) is 67.4 Å². The highest BCUT2D eigenvalue weighted by Crippen LogP contribution is 2.37. The molecule has 2 heterocycles. The zero-order valence-corrected chi connectivity index (χ0v) is 21.0. The molecule has 1 saturated heterocycles. The molecule has 5 rings (SSSR count). The summed E-state index contributed by atoms with van der Waals surface area (Å²) in [5, 5.41) is 5.95. The van der Waals surface area contributed by atoms with E-state index in [1.807, 2.05) is 6.07 Å². The third-order valence-electron chi connectivity index (χ3n) is 6.49. The lowest BCUT2D eigenvalue weighted by molar-refractivity contribution is -0.137. The first-order chi connectivity index (χ1) is 19.2. The number of nitrogen functional groups attached to an aromatic ring is 1. The van der Waals surface area contributed by atoms with Gasteiger partial charge in [-0.2, -0.15) is 13.2 Å². The van der Waals surface area contributed by atoms with Crippen LogP contribution in [0.15, 0.2) is 84.1 Å². The molecule has 0 aliphatic carbocycles. The number of aromatic nitrogens is 2. The fourth-order valence-corrected chi connectivity index (χ4v) is 4.55. The van der Waals surface area contributed by atoms with Crippen LogP contribution in [0.25, 0.3) is 11.4 Å². The van der Waals surface area contributed by atoms with E-state index in [2.05, 4.69) is 25.6 Å². The van der Waals surface area contributed by atoms with E-state index in [0.717, 1.165) is 31.0 Å². The second-order valence-corrected chi connectivity index (χ2v) is 9.19. The Morgan fingerprint density at radius 1 is 1.00 bits per heavy atom. The SMILES string of the molecule is Nc1cc(C2CCCN2)ccc1C(=Nc1ccccc1)NC(=O)c1cc(-c2ncccn2)c(C(F)(F)F)cc1F. The maximum atomic E-state index is 15.0. The molecule has 0 bridgehead atoms. The zero-order chi connectivity index (χ0) is 28.3. The Morgan fingerprint density at radius 2 is 1.75 bits per heavy atom. The average Bonchev–Trinajstić information content (AvgIpc) is 3.48. The minimum Gasteiger partial charge on any atom is -0.398 e. The number of carbonyl (C=O) groups is 1. The van der Waals surface area contributed by atoms with E-state index in [0.29, 0.717) is 16.9 Å². The van der Waals surface area contributed by atoms with Gasteiger partial charge in [-0.3, -0.25) is 4.79 Å². The number of para-hydroxylation sites is 1. The molecule has 204 valence electrons. The number of nitrogens with two attached hydrogens (primary N) is 1. The molecule has 3 aromatic carbocycles. The Labute approximate surface area is 227 Å². The second kappa shape index (κ2) is 11.2. The van der Waals surface area contributed by atoms with Crippen molar-refractivity contribution >= 4 is 23.1 Å². The fraction of sp³-hybridized carbons (Fsp3) is 0.172. The van der Waals surface area contributed by atoms with Gasteiger partial charge in [0.15, 0.2) is 5.82 Å². The van der Waals surface area contributed by atoms with Gasteiger partial charge in [0.05, 0.1) is 16.8 Å². The molecule has 0 radical (unpaired) electrons. The third kappa shape index (κ3) is 5.84. The van der Waals surface area contributed by atoms with Crippen LogP contribution in [0.5, 0.6) is 0 Å². The monoisotopic (exact) mass is 548 g/mol. The van der Waals surface area contributed by atoms with Gasteiger partial charge in [-0.15, -0.1) is 0 Å². The summed E-state index contributed by atoms with van der Waals surface area (Å²) in [6.45, 7) is 0.901. The van der Waals surface area contributed by atoms with Crippen molar-refractivity contribution in [3.05, 3.63) is 107 Å². The van der Waals surface area contributed by atoms with E-state index in [9.17, 15) is 18.0 Å². The van der Waals surface area contributed by atoms with Crippen molar-refractivity contribution < 1.29 is 22.4 Å². The highest BCUT2D eigenvalue weighted by Gasteiger charge is 2.36. The largest absolute Gasteiger partial charge is 0.417 e. The first kappa shape index (κ1) is 26.9. The Kier molecular flexibility index (Phi) is 7.56. The van der Waals surface area contributed by atoms with Crippen molar-refractivity contribution in [1.29, 1.82) is 0 Å². The summed E-state index contributed by atoms with van der Waals surface area (Å²) in [6, 6.07) is 16.7. The fourth-order valence-electron chi connectivity index (χ4n) is 4.55. The number of carbonyl (C=O) groups excluding carboxylic acids is 1. The van der Waals surface area contributed by atoms with Crippen molar-refractivity contribution in [3.8, 4) is 11.4 Å². The van der Waals surface area contributed by atoms with Gasteiger partial charge >= 0.3 is 6.18 Å². The number of hydrogen-bond acceptors (Lipinski definition) is 6. The molecule has 1 amide bonds.